The van der Waals surface area contributed by atoms with Crippen molar-refractivity contribution in [3.8, 4) is 0 Å². The molecule has 0 bridgehead atoms. The van der Waals surface area contributed by atoms with Crippen molar-refractivity contribution in [2.45, 2.75) is 105 Å². The van der Waals surface area contributed by atoms with Crippen molar-refractivity contribution in [3.05, 3.63) is 35.4 Å². The Labute approximate surface area is 199 Å². The first-order valence-electron chi connectivity index (χ1n) is 11.9. The molecule has 0 aromatic heterocycles. The van der Waals surface area contributed by atoms with Gasteiger partial charge < -0.3 is 20.3 Å². The van der Waals surface area contributed by atoms with Crippen LogP contribution in [-0.4, -0.2) is 46.5 Å². The number of benzene rings is 1. The zero-order chi connectivity index (χ0) is 25.4. The van der Waals surface area contributed by atoms with Gasteiger partial charge in [-0.15, -0.1) is 0 Å². The maximum absolute atomic E-state index is 13.5. The number of alkyl carbamates (subject to hydrolysis) is 1. The van der Waals surface area contributed by atoms with Crippen molar-refractivity contribution in [2.24, 2.45) is 0 Å². The van der Waals surface area contributed by atoms with E-state index >= 15 is 0 Å². The molecule has 33 heavy (non-hydrogen) atoms. The van der Waals surface area contributed by atoms with E-state index < -0.39 is 23.3 Å². The lowest BCUT2D eigenvalue weighted by molar-refractivity contribution is -0.146. The summed E-state index contributed by atoms with van der Waals surface area (Å²) in [6, 6.07) is 6.92. The van der Waals surface area contributed by atoms with Gasteiger partial charge in [-0.3, -0.25) is 9.59 Å². The average molecular weight is 462 g/mol. The van der Waals surface area contributed by atoms with Crippen LogP contribution in [0.25, 0.3) is 0 Å². The van der Waals surface area contributed by atoms with Crippen LogP contribution >= 0.6 is 0 Å². The highest BCUT2D eigenvalue weighted by Crippen LogP contribution is 2.29. The summed E-state index contributed by atoms with van der Waals surface area (Å²) < 4.78 is 5.25. The number of carbonyl (C=O) groups is 3. The van der Waals surface area contributed by atoms with Gasteiger partial charge in [0, 0.05) is 11.6 Å². The standard InChI is InChI=1S/C26H43N3O4/c1-10-12-18(3)28-23(31)22(20-15-13-19(11-2)14-16-20)29(25(4,5)6)21(30)17-27-24(32)33-26(7,8)9/h13-16,18,22H,10-12,17H2,1-9H3,(H,27,32)(H,28,31). The molecule has 0 heterocycles. The predicted molar refractivity (Wildman–Crippen MR) is 132 cm³/mol. The number of nitrogens with zero attached hydrogens (tertiary/aromatic N) is 1. The fourth-order valence-corrected chi connectivity index (χ4v) is 3.63. The van der Waals surface area contributed by atoms with Crippen LogP contribution in [0.4, 0.5) is 4.79 Å². The van der Waals surface area contributed by atoms with Crippen LogP contribution in [0.15, 0.2) is 24.3 Å². The third-order valence-corrected chi connectivity index (χ3v) is 5.09. The number of hydrogen-bond donors (Lipinski definition) is 2. The molecule has 0 spiro atoms. The molecule has 0 aliphatic heterocycles. The lowest BCUT2D eigenvalue weighted by Gasteiger charge is -2.41. The van der Waals surface area contributed by atoms with Crippen LogP contribution in [0.5, 0.6) is 0 Å². The molecule has 1 rings (SSSR count). The Morgan fingerprint density at radius 2 is 1.58 bits per heavy atom. The summed E-state index contributed by atoms with van der Waals surface area (Å²) in [4.78, 5) is 40.5. The molecule has 2 unspecified atom stereocenters. The van der Waals surface area contributed by atoms with Gasteiger partial charge in [0.05, 0.1) is 0 Å². The molecule has 2 atom stereocenters. The number of nitrogens with one attached hydrogen (secondary N) is 2. The summed E-state index contributed by atoms with van der Waals surface area (Å²) in [5, 5.41) is 5.60. The van der Waals surface area contributed by atoms with Crippen LogP contribution in [0.3, 0.4) is 0 Å². The molecule has 7 heteroatoms. The van der Waals surface area contributed by atoms with Gasteiger partial charge in [-0.25, -0.2) is 4.79 Å². The van der Waals surface area contributed by atoms with E-state index in [1.54, 1.807) is 25.7 Å². The van der Waals surface area contributed by atoms with E-state index in [9.17, 15) is 14.4 Å². The second kappa shape index (κ2) is 12.1. The summed E-state index contributed by atoms with van der Waals surface area (Å²) in [5.74, 6) is -0.600. The maximum atomic E-state index is 13.5. The number of rotatable bonds is 9. The fourth-order valence-electron chi connectivity index (χ4n) is 3.63. The smallest absolute Gasteiger partial charge is 0.408 e. The van der Waals surface area contributed by atoms with E-state index in [0.717, 1.165) is 30.4 Å². The zero-order valence-electron chi connectivity index (χ0n) is 21.9. The molecule has 3 amide bonds. The van der Waals surface area contributed by atoms with E-state index in [1.165, 1.54) is 0 Å². The summed E-state index contributed by atoms with van der Waals surface area (Å²) in [6.07, 6.45) is 2.00. The van der Waals surface area contributed by atoms with Crippen molar-refractivity contribution in [2.75, 3.05) is 6.54 Å². The van der Waals surface area contributed by atoms with Crippen molar-refractivity contribution in [1.29, 1.82) is 0 Å². The minimum atomic E-state index is -0.830. The van der Waals surface area contributed by atoms with Crippen LogP contribution in [-0.2, 0) is 20.7 Å². The molecular formula is C26H43N3O4. The first-order valence-corrected chi connectivity index (χ1v) is 11.9. The van der Waals surface area contributed by atoms with Gasteiger partial charge in [0.2, 0.25) is 11.8 Å². The van der Waals surface area contributed by atoms with Crippen molar-refractivity contribution >= 4 is 17.9 Å². The van der Waals surface area contributed by atoms with Gasteiger partial charge in [-0.05, 0) is 72.4 Å². The maximum Gasteiger partial charge on any atom is 0.408 e. The molecule has 0 aliphatic carbocycles. The minimum absolute atomic E-state index is 0.0169. The number of aryl methyl sites for hydroxylation is 1. The van der Waals surface area contributed by atoms with E-state index in [4.69, 9.17) is 4.74 Å². The number of hydrogen-bond acceptors (Lipinski definition) is 4. The number of carbonyl (C=O) groups excluding carboxylic acids is 3. The molecule has 7 nitrogen and oxygen atoms in total. The van der Waals surface area contributed by atoms with E-state index in [2.05, 4.69) is 24.5 Å². The second-order valence-corrected chi connectivity index (χ2v) is 10.5. The van der Waals surface area contributed by atoms with Gasteiger partial charge in [-0.2, -0.15) is 0 Å². The Morgan fingerprint density at radius 1 is 1.00 bits per heavy atom. The highest BCUT2D eigenvalue weighted by molar-refractivity contribution is 5.91. The molecule has 186 valence electrons. The molecular weight excluding hydrogens is 418 g/mol. The first kappa shape index (κ1) is 28.5. The lowest BCUT2D eigenvalue weighted by Crippen LogP contribution is -2.55. The zero-order valence-corrected chi connectivity index (χ0v) is 21.9. The number of ether oxygens (including phenoxy) is 1. The third-order valence-electron chi connectivity index (χ3n) is 5.09. The largest absolute Gasteiger partial charge is 0.444 e. The van der Waals surface area contributed by atoms with Crippen LogP contribution in [0.2, 0.25) is 0 Å². The molecule has 0 fully saturated rings. The number of amides is 3. The Kier molecular flexibility index (Phi) is 10.4. The lowest BCUT2D eigenvalue weighted by atomic mass is 9.95. The normalized spacial score (nSPS) is 13.6. The van der Waals surface area contributed by atoms with Crippen molar-refractivity contribution in [3.63, 3.8) is 0 Å². The third kappa shape index (κ3) is 9.44. The van der Waals surface area contributed by atoms with Crippen molar-refractivity contribution < 1.29 is 19.1 Å². The Balaban J connectivity index is 3.29. The summed E-state index contributed by atoms with van der Waals surface area (Å²) >= 11 is 0. The van der Waals surface area contributed by atoms with Gasteiger partial charge in [0.25, 0.3) is 0 Å². The fraction of sp³-hybridized carbons (Fsp3) is 0.654. The summed E-state index contributed by atoms with van der Waals surface area (Å²) in [7, 11) is 0. The van der Waals surface area contributed by atoms with E-state index in [0.29, 0.717) is 0 Å². The Bertz CT molecular complexity index is 791. The minimum Gasteiger partial charge on any atom is -0.444 e. The summed E-state index contributed by atoms with van der Waals surface area (Å²) in [6.45, 7) is 16.8. The van der Waals surface area contributed by atoms with Gasteiger partial charge in [-0.1, -0.05) is 44.5 Å². The Hall–Kier alpha value is -2.57. The second-order valence-electron chi connectivity index (χ2n) is 10.5. The van der Waals surface area contributed by atoms with E-state index in [1.807, 2.05) is 52.0 Å². The Morgan fingerprint density at radius 3 is 2.03 bits per heavy atom. The SMILES string of the molecule is CCCC(C)NC(=O)C(c1ccc(CC)cc1)N(C(=O)CNC(=O)OC(C)(C)C)C(C)(C)C. The molecule has 1 aromatic carbocycles. The molecule has 0 aliphatic rings. The quantitative estimate of drug-likeness (QED) is 0.556. The monoisotopic (exact) mass is 461 g/mol. The van der Waals surface area contributed by atoms with Crippen LogP contribution in [0, 0.1) is 0 Å². The molecule has 0 radical (unpaired) electrons. The van der Waals surface area contributed by atoms with E-state index in [-0.39, 0.29) is 24.4 Å². The van der Waals surface area contributed by atoms with Gasteiger partial charge >= 0.3 is 6.09 Å². The van der Waals surface area contributed by atoms with Gasteiger partial charge in [0.1, 0.15) is 18.2 Å². The van der Waals surface area contributed by atoms with Crippen molar-refractivity contribution in [1.82, 2.24) is 15.5 Å². The molecule has 0 saturated carbocycles. The molecule has 2 N–H and O–H groups in total. The highest BCUT2D eigenvalue weighted by atomic mass is 16.6. The highest BCUT2D eigenvalue weighted by Gasteiger charge is 2.38. The van der Waals surface area contributed by atoms with Crippen LogP contribution < -0.4 is 10.6 Å². The average Bonchev–Trinajstić information content (AvgIpc) is 2.68. The first-order chi connectivity index (χ1) is 15.2. The molecule has 0 saturated heterocycles. The topological polar surface area (TPSA) is 87.7 Å². The van der Waals surface area contributed by atoms with Crippen LogP contribution in [0.1, 0.15) is 92.3 Å². The predicted octanol–water partition coefficient (Wildman–Crippen LogP) is 4.75. The molecule has 1 aromatic rings. The van der Waals surface area contributed by atoms with Gasteiger partial charge in [0.15, 0.2) is 0 Å². The summed E-state index contributed by atoms with van der Waals surface area (Å²) in [5.41, 5.74) is 0.536.